The highest BCUT2D eigenvalue weighted by Gasteiger charge is 2.67. The van der Waals surface area contributed by atoms with Crippen LogP contribution in [0.5, 0.6) is 0 Å². The fourth-order valence-corrected chi connectivity index (χ4v) is 5.15. The van der Waals surface area contributed by atoms with E-state index < -0.39 is 42.0 Å². The fourth-order valence-electron chi connectivity index (χ4n) is 5.15. The van der Waals surface area contributed by atoms with Crippen molar-refractivity contribution in [2.75, 3.05) is 6.61 Å². The highest BCUT2D eigenvalue weighted by atomic mass is 16.9. The van der Waals surface area contributed by atoms with Crippen LogP contribution < -0.4 is 0 Å². The molecule has 3 aliphatic heterocycles. The third-order valence-corrected chi connectivity index (χ3v) is 6.48. The minimum Gasteiger partial charge on any atom is -0.361 e. The lowest BCUT2D eigenvalue weighted by Gasteiger charge is -2.37. The lowest BCUT2D eigenvalue weighted by Crippen LogP contribution is -2.54. The zero-order valence-corrected chi connectivity index (χ0v) is 14.5. The predicted octanol–water partition coefficient (Wildman–Crippen LogP) is 1.54. The lowest BCUT2D eigenvalue weighted by atomic mass is 9.94. The molecule has 7 nitrogen and oxygen atoms in total. The Bertz CT molecular complexity index is 510. The number of ether oxygens (including phenoxy) is 5. The van der Waals surface area contributed by atoms with Crippen LogP contribution in [0.3, 0.4) is 0 Å². The quantitative estimate of drug-likeness (QED) is 0.689. The molecule has 2 saturated carbocycles. The van der Waals surface area contributed by atoms with Crippen molar-refractivity contribution in [2.45, 2.75) is 106 Å². The Morgan fingerprint density at radius 1 is 0.680 bits per heavy atom. The summed E-state index contributed by atoms with van der Waals surface area (Å²) in [4.78, 5) is 0. The largest absolute Gasteiger partial charge is 0.361 e. The summed E-state index contributed by atoms with van der Waals surface area (Å²) in [6, 6.07) is 0. The van der Waals surface area contributed by atoms with Gasteiger partial charge in [0.25, 0.3) is 0 Å². The fraction of sp³-hybridized carbons (Fsp3) is 1.00. The molecule has 2 N–H and O–H groups in total. The van der Waals surface area contributed by atoms with Crippen LogP contribution in [0, 0.1) is 0 Å². The average Bonchev–Trinajstić information content (AvgIpc) is 3.22. The highest BCUT2D eigenvalue weighted by molar-refractivity contribution is 5.04. The monoisotopic (exact) mass is 356 g/mol. The van der Waals surface area contributed by atoms with Crippen LogP contribution in [-0.2, 0) is 23.7 Å². The van der Waals surface area contributed by atoms with Crippen molar-refractivity contribution in [1.29, 1.82) is 0 Å². The van der Waals surface area contributed by atoms with Gasteiger partial charge in [-0.2, -0.15) is 0 Å². The topological polar surface area (TPSA) is 86.6 Å². The molecule has 3 heterocycles. The first-order valence-electron chi connectivity index (χ1n) is 9.80. The third-order valence-electron chi connectivity index (χ3n) is 6.48. The normalized spacial score (nSPS) is 44.4. The van der Waals surface area contributed by atoms with E-state index in [1.54, 1.807) is 0 Å². The second kappa shape index (κ2) is 5.86. The van der Waals surface area contributed by atoms with E-state index in [1.165, 1.54) is 6.42 Å². The van der Waals surface area contributed by atoms with Crippen molar-refractivity contribution in [3.05, 3.63) is 0 Å². The van der Waals surface area contributed by atoms with Crippen molar-refractivity contribution < 1.29 is 33.9 Å². The number of hydrogen-bond donors (Lipinski definition) is 2. The first-order valence-corrected chi connectivity index (χ1v) is 9.80. The van der Waals surface area contributed by atoms with Gasteiger partial charge in [0.15, 0.2) is 24.0 Å². The molecule has 4 atom stereocenters. The van der Waals surface area contributed by atoms with Gasteiger partial charge in [-0.25, -0.2) is 0 Å². The zero-order chi connectivity index (χ0) is 17.1. The number of aliphatic hydroxyl groups is 2. The minimum atomic E-state index is -2.14. The Kier molecular flexibility index (Phi) is 3.95. The summed E-state index contributed by atoms with van der Waals surface area (Å²) in [6.07, 6.45) is 6.68. The van der Waals surface area contributed by atoms with Gasteiger partial charge in [-0.05, 0) is 25.7 Å². The molecule has 2 spiro atoms. The van der Waals surface area contributed by atoms with E-state index in [4.69, 9.17) is 23.7 Å². The summed E-state index contributed by atoms with van der Waals surface area (Å²) in [7, 11) is 0. The maximum Gasteiger partial charge on any atom is 0.225 e. The van der Waals surface area contributed by atoms with Gasteiger partial charge < -0.3 is 33.9 Å². The van der Waals surface area contributed by atoms with Crippen LogP contribution in [0.25, 0.3) is 0 Å². The van der Waals surface area contributed by atoms with Crippen LogP contribution in [0.1, 0.15) is 64.2 Å². The molecular weight excluding hydrogens is 328 g/mol. The number of rotatable bonds is 1. The standard InChI is InChI=1S/C18H28O7/c19-18(20)13(12-11-21-16(23-12)7-3-1-4-8-16)22-15-14(18)24-17(25-15)9-5-2-6-10-17/h12-15,19-20H,1-11H2/t12-,13-,14+,15+/m1/s1. The van der Waals surface area contributed by atoms with Gasteiger partial charge in [-0.1, -0.05) is 12.8 Å². The van der Waals surface area contributed by atoms with Crippen molar-refractivity contribution in [3.63, 3.8) is 0 Å². The summed E-state index contributed by atoms with van der Waals surface area (Å²) in [5.41, 5.74) is 0. The number of hydrogen-bond acceptors (Lipinski definition) is 7. The van der Waals surface area contributed by atoms with Crippen LogP contribution in [-0.4, -0.2) is 58.8 Å². The summed E-state index contributed by atoms with van der Waals surface area (Å²) < 4.78 is 30.0. The Labute approximate surface area is 147 Å². The van der Waals surface area contributed by atoms with E-state index in [2.05, 4.69) is 0 Å². The molecular formula is C18H28O7. The molecule has 0 aromatic rings. The van der Waals surface area contributed by atoms with Gasteiger partial charge in [0.05, 0.1) is 6.61 Å². The Balaban J connectivity index is 1.29. The smallest absolute Gasteiger partial charge is 0.225 e. The van der Waals surface area contributed by atoms with E-state index in [0.717, 1.165) is 57.8 Å². The summed E-state index contributed by atoms with van der Waals surface area (Å²) in [5, 5.41) is 21.6. The molecule has 0 radical (unpaired) electrons. The molecule has 5 aliphatic rings. The van der Waals surface area contributed by atoms with Gasteiger partial charge in [0, 0.05) is 25.7 Å². The van der Waals surface area contributed by atoms with Gasteiger partial charge >= 0.3 is 0 Å². The van der Waals surface area contributed by atoms with E-state index in [-0.39, 0.29) is 0 Å². The SMILES string of the molecule is OC1(O)[C@@H]([C@H]2COC3(CCCCC3)O2)O[C@H]2OC3(CCCCC3)O[C@@H]21. The molecule has 2 aliphatic carbocycles. The van der Waals surface area contributed by atoms with E-state index in [9.17, 15) is 10.2 Å². The molecule has 5 fully saturated rings. The molecule has 142 valence electrons. The molecule has 0 aromatic carbocycles. The van der Waals surface area contributed by atoms with Gasteiger partial charge in [0.2, 0.25) is 5.79 Å². The molecule has 7 heteroatoms. The summed E-state index contributed by atoms with van der Waals surface area (Å²) in [5.74, 6) is -3.43. The molecule has 0 aromatic heterocycles. The van der Waals surface area contributed by atoms with Crippen molar-refractivity contribution in [2.24, 2.45) is 0 Å². The molecule has 25 heavy (non-hydrogen) atoms. The maximum absolute atomic E-state index is 10.8. The van der Waals surface area contributed by atoms with E-state index >= 15 is 0 Å². The second-order valence-corrected chi connectivity index (χ2v) is 8.27. The van der Waals surface area contributed by atoms with Gasteiger partial charge in [-0.15, -0.1) is 0 Å². The van der Waals surface area contributed by atoms with Gasteiger partial charge in [0.1, 0.15) is 12.2 Å². The minimum absolute atomic E-state index is 0.304. The molecule has 0 bridgehead atoms. The van der Waals surface area contributed by atoms with Crippen molar-refractivity contribution in [3.8, 4) is 0 Å². The van der Waals surface area contributed by atoms with Gasteiger partial charge in [-0.3, -0.25) is 0 Å². The molecule has 0 amide bonds. The first-order chi connectivity index (χ1) is 12.0. The molecule has 0 unspecified atom stereocenters. The lowest BCUT2D eigenvalue weighted by molar-refractivity contribution is -0.311. The van der Waals surface area contributed by atoms with E-state index in [0.29, 0.717) is 6.61 Å². The van der Waals surface area contributed by atoms with Crippen molar-refractivity contribution >= 4 is 0 Å². The third kappa shape index (κ3) is 2.67. The summed E-state index contributed by atoms with van der Waals surface area (Å²) in [6.45, 7) is 0.304. The first kappa shape index (κ1) is 16.9. The van der Waals surface area contributed by atoms with E-state index in [1.807, 2.05) is 0 Å². The highest BCUT2D eigenvalue weighted by Crippen LogP contribution is 2.50. The van der Waals surface area contributed by atoms with Crippen LogP contribution in [0.4, 0.5) is 0 Å². The maximum atomic E-state index is 10.8. The Morgan fingerprint density at radius 3 is 1.96 bits per heavy atom. The Hall–Kier alpha value is -0.280. The summed E-state index contributed by atoms with van der Waals surface area (Å²) >= 11 is 0. The Morgan fingerprint density at radius 2 is 1.32 bits per heavy atom. The van der Waals surface area contributed by atoms with Crippen LogP contribution in [0.15, 0.2) is 0 Å². The van der Waals surface area contributed by atoms with Crippen molar-refractivity contribution in [1.82, 2.24) is 0 Å². The predicted molar refractivity (Wildman–Crippen MR) is 84.2 cm³/mol. The zero-order valence-electron chi connectivity index (χ0n) is 14.5. The molecule has 5 rings (SSSR count). The average molecular weight is 356 g/mol. The number of fused-ring (bicyclic) bond motifs is 1. The van der Waals surface area contributed by atoms with Crippen LogP contribution in [0.2, 0.25) is 0 Å². The molecule has 3 saturated heterocycles. The van der Waals surface area contributed by atoms with Crippen LogP contribution >= 0.6 is 0 Å². The second-order valence-electron chi connectivity index (χ2n) is 8.27.